The number of hydrogen-bond acceptors (Lipinski definition) is 3. The summed E-state index contributed by atoms with van der Waals surface area (Å²) in [7, 11) is 0.931. The summed E-state index contributed by atoms with van der Waals surface area (Å²) in [5, 5.41) is 11.8. The van der Waals surface area contributed by atoms with Crippen molar-refractivity contribution in [3.05, 3.63) is 158 Å². The third kappa shape index (κ3) is 4.41. The summed E-state index contributed by atoms with van der Waals surface area (Å²) in [5.74, 6) is 0. The Morgan fingerprint density at radius 2 is 0.855 bits per heavy atom. The molecule has 0 radical (unpaired) electrons. The summed E-state index contributed by atoms with van der Waals surface area (Å²) in [5.41, 5.74) is 15.7. The van der Waals surface area contributed by atoms with E-state index in [1.54, 1.807) is 20.7 Å². The minimum absolute atomic E-state index is 1.23. The van der Waals surface area contributed by atoms with Crippen molar-refractivity contribution in [2.45, 2.75) is 49.9 Å². The Bertz CT molecular complexity index is 3290. The summed E-state index contributed by atoms with van der Waals surface area (Å²) < 4.78 is 2.46. The SMILES string of the molecule is CN1c2cc(N3c4ccccc4[Si]4(CCCC4)c4ccccc43)ccc2-c2cc3c(c4cccc1c24)c1ccc(N2c4ccccc4[Si]4(CCCC4)c4ccccc42)cc1n3C. The third-order valence-corrected chi connectivity index (χ3v) is 26.8. The normalized spacial score (nSPS) is 17.5. The second kappa shape index (κ2) is 12.6. The second-order valence-electron chi connectivity index (χ2n) is 18.9. The number of rotatable bonds is 2. The van der Waals surface area contributed by atoms with Crippen molar-refractivity contribution in [2.24, 2.45) is 7.05 Å². The van der Waals surface area contributed by atoms with Gasteiger partial charge in [0.05, 0.1) is 16.7 Å². The van der Waals surface area contributed by atoms with Crippen LogP contribution in [0.5, 0.6) is 0 Å². The minimum atomic E-state index is -1.81. The molecule has 4 nitrogen and oxygen atoms in total. The van der Waals surface area contributed by atoms with Crippen LogP contribution in [-0.2, 0) is 7.05 Å². The van der Waals surface area contributed by atoms with E-state index in [9.17, 15) is 0 Å². The van der Waals surface area contributed by atoms with Crippen molar-refractivity contribution >= 4 is 115 Å². The monoisotopic (exact) mass is 832 g/mol. The summed E-state index contributed by atoms with van der Waals surface area (Å²) in [6.07, 6.45) is 5.38. The largest absolute Gasteiger partial charge is 0.344 e. The highest BCUT2D eigenvalue weighted by atomic mass is 28.3. The van der Waals surface area contributed by atoms with Gasteiger partial charge in [0.1, 0.15) is 16.1 Å². The van der Waals surface area contributed by atoms with Crippen LogP contribution in [0, 0.1) is 0 Å². The predicted octanol–water partition coefficient (Wildman–Crippen LogP) is 12.5. The maximum atomic E-state index is 2.58. The van der Waals surface area contributed by atoms with Gasteiger partial charge in [-0.2, -0.15) is 0 Å². The van der Waals surface area contributed by atoms with Crippen molar-refractivity contribution < 1.29 is 0 Å². The van der Waals surface area contributed by atoms with Crippen LogP contribution in [0.25, 0.3) is 43.7 Å². The van der Waals surface area contributed by atoms with E-state index in [-0.39, 0.29) is 0 Å². The molecule has 2 spiro atoms. The molecular formula is C56H48N4Si2. The van der Waals surface area contributed by atoms with E-state index in [0.717, 1.165) is 0 Å². The highest BCUT2D eigenvalue weighted by Gasteiger charge is 2.48. The van der Waals surface area contributed by atoms with E-state index in [1.807, 2.05) is 0 Å². The van der Waals surface area contributed by atoms with Crippen LogP contribution >= 0.6 is 0 Å². The van der Waals surface area contributed by atoms with Gasteiger partial charge in [-0.1, -0.05) is 123 Å². The molecular weight excluding hydrogens is 785 g/mol. The van der Waals surface area contributed by atoms with Crippen molar-refractivity contribution in [1.29, 1.82) is 0 Å². The lowest BCUT2D eigenvalue weighted by Crippen LogP contribution is -2.60. The summed E-state index contributed by atoms with van der Waals surface area (Å²) >= 11 is 0. The molecule has 0 amide bonds. The lowest BCUT2D eigenvalue weighted by molar-refractivity contribution is 0.935. The second-order valence-corrected chi connectivity index (χ2v) is 27.3. The summed E-state index contributed by atoms with van der Waals surface area (Å²) in [6, 6.07) is 66.9. The Labute approximate surface area is 365 Å². The molecule has 0 atom stereocenters. The van der Waals surface area contributed by atoms with Crippen molar-refractivity contribution in [3.63, 3.8) is 0 Å². The Kier molecular flexibility index (Phi) is 7.18. The highest BCUT2D eigenvalue weighted by Crippen LogP contribution is 2.53. The maximum absolute atomic E-state index is 2.58. The fourth-order valence-electron chi connectivity index (χ4n) is 13.5. The molecule has 6 heteroatoms. The fourth-order valence-corrected chi connectivity index (χ4v) is 24.5. The molecule has 6 heterocycles. The average Bonchev–Trinajstić information content (AvgIpc) is 4.08. The molecule has 0 aliphatic carbocycles. The number of aryl methyl sites for hydroxylation is 1. The first kappa shape index (κ1) is 35.3. The minimum Gasteiger partial charge on any atom is -0.344 e. The van der Waals surface area contributed by atoms with Gasteiger partial charge < -0.3 is 19.3 Å². The van der Waals surface area contributed by atoms with Gasteiger partial charge in [0.15, 0.2) is 0 Å². The average molecular weight is 833 g/mol. The molecule has 2 fully saturated rings. The van der Waals surface area contributed by atoms with E-state index in [2.05, 4.69) is 191 Å². The molecule has 0 saturated carbocycles. The van der Waals surface area contributed by atoms with Crippen LogP contribution < -0.4 is 35.4 Å². The van der Waals surface area contributed by atoms with E-state index in [4.69, 9.17) is 0 Å². The van der Waals surface area contributed by atoms with Crippen LogP contribution in [-0.4, -0.2) is 27.8 Å². The number of benzene rings is 8. The summed E-state index contributed by atoms with van der Waals surface area (Å²) in [4.78, 5) is 7.60. The van der Waals surface area contributed by atoms with Crippen LogP contribution in [0.4, 0.5) is 45.5 Å². The van der Waals surface area contributed by atoms with Gasteiger partial charge in [-0.3, -0.25) is 0 Å². The van der Waals surface area contributed by atoms with Gasteiger partial charge in [0, 0.05) is 75.6 Å². The van der Waals surface area contributed by atoms with Gasteiger partial charge in [0.25, 0.3) is 0 Å². The van der Waals surface area contributed by atoms with Crippen LogP contribution in [0.2, 0.25) is 24.2 Å². The molecule has 2 saturated heterocycles. The van der Waals surface area contributed by atoms with Gasteiger partial charge in [0.2, 0.25) is 0 Å². The smallest absolute Gasteiger partial charge is 0.123 e. The number of fused-ring (bicyclic) bond motifs is 14. The van der Waals surface area contributed by atoms with Crippen molar-refractivity contribution in [2.75, 3.05) is 21.7 Å². The van der Waals surface area contributed by atoms with Gasteiger partial charge in [-0.15, -0.1) is 0 Å². The highest BCUT2D eigenvalue weighted by molar-refractivity contribution is 7.05. The van der Waals surface area contributed by atoms with E-state index >= 15 is 0 Å². The first-order chi connectivity index (χ1) is 30.6. The zero-order valence-electron chi connectivity index (χ0n) is 35.5. The lowest BCUT2D eigenvalue weighted by Gasteiger charge is -2.43. The fraction of sp³-hybridized carbons (Fsp3) is 0.179. The van der Waals surface area contributed by atoms with E-state index < -0.39 is 16.1 Å². The van der Waals surface area contributed by atoms with Gasteiger partial charge >= 0.3 is 0 Å². The zero-order chi connectivity index (χ0) is 40.9. The molecule has 62 heavy (non-hydrogen) atoms. The molecule has 300 valence electrons. The quantitative estimate of drug-likeness (QED) is 0.161. The molecule has 5 aliphatic heterocycles. The number of nitrogens with zero attached hydrogens (tertiary/aromatic N) is 4. The first-order valence-electron chi connectivity index (χ1n) is 22.9. The van der Waals surface area contributed by atoms with Crippen LogP contribution in [0.3, 0.4) is 0 Å². The topological polar surface area (TPSA) is 14.7 Å². The first-order valence-corrected chi connectivity index (χ1v) is 27.7. The Morgan fingerprint density at radius 1 is 0.371 bits per heavy atom. The number of hydrogen-bond donors (Lipinski definition) is 0. The molecule has 1 aromatic heterocycles. The molecule has 14 rings (SSSR count). The molecule has 0 bridgehead atoms. The van der Waals surface area contributed by atoms with E-state index in [0.29, 0.717) is 0 Å². The third-order valence-electron chi connectivity index (χ3n) is 16.2. The molecule has 0 N–H and O–H groups in total. The molecule has 8 aromatic carbocycles. The molecule has 5 aliphatic rings. The Balaban J connectivity index is 0.941. The van der Waals surface area contributed by atoms with Gasteiger partial charge in [-0.05, 0) is 117 Å². The Hall–Kier alpha value is -6.35. The standard InChI is InChI=1S/C56H48N4Si2/c1-57-47-21-15-16-41-55-40-29-27-38(60-45-19-5-9-24-53(45)62(32-13-14-33-62)54-25-10-6-20-46(54)60)35-49(40)58(2)50(55)36-42(56(41)47)39-28-26-37(34-48(39)57)59-43-17-3-7-22-51(43)61(30-11-12-31-61)52-23-8-4-18-44(52)59/h3-10,15-29,34-36H,11-14,30-33H2,1-2H3. The predicted molar refractivity (Wildman–Crippen MR) is 269 cm³/mol. The van der Waals surface area contributed by atoms with Crippen LogP contribution in [0.1, 0.15) is 25.7 Å². The van der Waals surface area contributed by atoms with Crippen molar-refractivity contribution in [1.82, 2.24) is 4.57 Å². The number of anilines is 8. The number of aromatic nitrogens is 1. The van der Waals surface area contributed by atoms with Crippen LogP contribution in [0.15, 0.2) is 158 Å². The molecule has 9 aromatic rings. The van der Waals surface area contributed by atoms with Crippen molar-refractivity contribution in [3.8, 4) is 11.1 Å². The van der Waals surface area contributed by atoms with E-state index in [1.165, 1.54) is 139 Å². The lowest BCUT2D eigenvalue weighted by atomic mass is 9.89. The molecule has 0 unspecified atom stereocenters. The van der Waals surface area contributed by atoms with Gasteiger partial charge in [-0.25, -0.2) is 0 Å². The zero-order valence-corrected chi connectivity index (χ0v) is 37.5. The Morgan fingerprint density at radius 3 is 1.40 bits per heavy atom. The number of para-hydroxylation sites is 4. The summed E-state index contributed by atoms with van der Waals surface area (Å²) in [6.45, 7) is 0. The maximum Gasteiger partial charge on any atom is 0.123 e.